The third-order valence-corrected chi connectivity index (χ3v) is 2.70. The van der Waals surface area contributed by atoms with Crippen LogP contribution >= 0.6 is 11.6 Å². The Morgan fingerprint density at radius 2 is 1.79 bits per heavy atom. The lowest BCUT2D eigenvalue weighted by Gasteiger charge is -2.10. The number of rotatable bonds is 3. The lowest BCUT2D eigenvalue weighted by atomic mass is 10.2. The van der Waals surface area contributed by atoms with E-state index < -0.39 is 11.7 Å². The van der Waals surface area contributed by atoms with Crippen LogP contribution in [0.25, 0.3) is 0 Å². The van der Waals surface area contributed by atoms with E-state index in [0.717, 1.165) is 12.1 Å². The van der Waals surface area contributed by atoms with E-state index in [1.807, 2.05) is 0 Å². The standard InChI is InChI=1S/C13H9ClF3NO/c14-7-9-8-18-6-5-12(9)19-11-3-1-10(2-4-11)13(15,16)17/h1-6,8H,7H2. The Morgan fingerprint density at radius 3 is 2.37 bits per heavy atom. The van der Waals surface area contributed by atoms with Gasteiger partial charge in [0.15, 0.2) is 0 Å². The van der Waals surface area contributed by atoms with E-state index in [2.05, 4.69) is 4.98 Å². The zero-order valence-corrected chi connectivity index (χ0v) is 10.4. The van der Waals surface area contributed by atoms with Gasteiger partial charge in [0, 0.05) is 18.0 Å². The Kier molecular flexibility index (Phi) is 3.95. The Balaban J connectivity index is 2.20. The highest BCUT2D eigenvalue weighted by Gasteiger charge is 2.30. The maximum Gasteiger partial charge on any atom is 0.416 e. The highest BCUT2D eigenvalue weighted by Crippen LogP contribution is 2.32. The van der Waals surface area contributed by atoms with E-state index in [-0.39, 0.29) is 5.88 Å². The van der Waals surface area contributed by atoms with Gasteiger partial charge in [-0.15, -0.1) is 11.6 Å². The zero-order valence-electron chi connectivity index (χ0n) is 9.62. The van der Waals surface area contributed by atoms with Crippen LogP contribution in [0.5, 0.6) is 11.5 Å². The Bertz CT molecular complexity index is 555. The molecule has 0 fully saturated rings. The van der Waals surface area contributed by atoms with Gasteiger partial charge in [0.1, 0.15) is 11.5 Å². The molecular formula is C13H9ClF3NO. The molecule has 0 aliphatic carbocycles. The van der Waals surface area contributed by atoms with E-state index in [1.165, 1.54) is 18.3 Å². The van der Waals surface area contributed by atoms with Crippen LogP contribution in [0.15, 0.2) is 42.7 Å². The highest BCUT2D eigenvalue weighted by atomic mass is 35.5. The molecule has 1 aromatic heterocycles. The van der Waals surface area contributed by atoms with Crippen molar-refractivity contribution in [2.75, 3.05) is 0 Å². The van der Waals surface area contributed by atoms with Gasteiger partial charge in [-0.1, -0.05) is 0 Å². The fourth-order valence-corrected chi connectivity index (χ4v) is 1.65. The number of nitrogens with zero attached hydrogens (tertiary/aromatic N) is 1. The molecule has 0 aliphatic rings. The quantitative estimate of drug-likeness (QED) is 0.768. The molecule has 2 nitrogen and oxygen atoms in total. The molecule has 0 saturated heterocycles. The molecule has 0 bridgehead atoms. The summed E-state index contributed by atoms with van der Waals surface area (Å²) in [5, 5.41) is 0. The van der Waals surface area contributed by atoms with E-state index in [0.29, 0.717) is 17.1 Å². The van der Waals surface area contributed by atoms with Crippen LogP contribution in [0.1, 0.15) is 11.1 Å². The van der Waals surface area contributed by atoms with Crippen molar-refractivity contribution in [2.45, 2.75) is 12.1 Å². The minimum absolute atomic E-state index is 0.212. The molecule has 0 atom stereocenters. The first-order valence-electron chi connectivity index (χ1n) is 5.34. The molecule has 2 rings (SSSR count). The van der Waals surface area contributed by atoms with Crippen LogP contribution in [0.2, 0.25) is 0 Å². The van der Waals surface area contributed by atoms with Crippen LogP contribution in [0.3, 0.4) is 0 Å². The minimum atomic E-state index is -4.35. The molecule has 2 aromatic rings. The molecule has 0 saturated carbocycles. The topological polar surface area (TPSA) is 22.1 Å². The Hall–Kier alpha value is -1.75. The van der Waals surface area contributed by atoms with Gasteiger partial charge in [-0.25, -0.2) is 0 Å². The predicted molar refractivity (Wildman–Crippen MR) is 65.3 cm³/mol. The first kappa shape index (κ1) is 13.7. The third kappa shape index (κ3) is 3.38. The Morgan fingerprint density at radius 1 is 1.11 bits per heavy atom. The molecule has 1 aromatic carbocycles. The van der Waals surface area contributed by atoms with Crippen LogP contribution < -0.4 is 4.74 Å². The summed E-state index contributed by atoms with van der Waals surface area (Å²) in [5.41, 5.74) is -0.0452. The zero-order chi connectivity index (χ0) is 13.9. The Labute approximate surface area is 112 Å². The van der Waals surface area contributed by atoms with Gasteiger partial charge < -0.3 is 4.74 Å². The molecule has 0 amide bonds. The van der Waals surface area contributed by atoms with Gasteiger partial charge in [0.25, 0.3) is 0 Å². The van der Waals surface area contributed by atoms with Crippen molar-refractivity contribution < 1.29 is 17.9 Å². The van der Waals surface area contributed by atoms with Gasteiger partial charge in [-0.05, 0) is 30.3 Å². The number of hydrogen-bond donors (Lipinski definition) is 0. The normalized spacial score (nSPS) is 11.4. The van der Waals surface area contributed by atoms with E-state index in [1.54, 1.807) is 12.3 Å². The van der Waals surface area contributed by atoms with Gasteiger partial charge >= 0.3 is 6.18 Å². The largest absolute Gasteiger partial charge is 0.457 e. The molecular weight excluding hydrogens is 279 g/mol. The van der Waals surface area contributed by atoms with Crippen molar-refractivity contribution in [1.82, 2.24) is 4.98 Å². The van der Waals surface area contributed by atoms with Crippen molar-refractivity contribution in [2.24, 2.45) is 0 Å². The summed E-state index contributed by atoms with van der Waals surface area (Å²) < 4.78 is 42.7. The molecule has 1 heterocycles. The van der Waals surface area contributed by atoms with E-state index in [4.69, 9.17) is 16.3 Å². The number of hydrogen-bond acceptors (Lipinski definition) is 2. The van der Waals surface area contributed by atoms with Gasteiger partial charge in [-0.3, -0.25) is 4.98 Å². The number of alkyl halides is 4. The minimum Gasteiger partial charge on any atom is -0.457 e. The number of halogens is 4. The number of ether oxygens (including phenoxy) is 1. The summed E-state index contributed by atoms with van der Waals surface area (Å²) in [6.07, 6.45) is -1.28. The SMILES string of the molecule is FC(F)(F)c1ccc(Oc2ccncc2CCl)cc1. The predicted octanol–water partition coefficient (Wildman–Crippen LogP) is 4.63. The van der Waals surface area contributed by atoms with Crippen molar-refractivity contribution >= 4 is 11.6 Å². The summed E-state index contributed by atoms with van der Waals surface area (Å²) in [5.74, 6) is 0.999. The number of pyridine rings is 1. The molecule has 19 heavy (non-hydrogen) atoms. The lowest BCUT2D eigenvalue weighted by Crippen LogP contribution is -2.04. The van der Waals surface area contributed by atoms with Gasteiger partial charge in [0.05, 0.1) is 11.4 Å². The second-order valence-corrected chi connectivity index (χ2v) is 4.01. The van der Waals surface area contributed by atoms with Crippen molar-refractivity contribution in [1.29, 1.82) is 0 Å². The lowest BCUT2D eigenvalue weighted by molar-refractivity contribution is -0.137. The highest BCUT2D eigenvalue weighted by molar-refractivity contribution is 6.17. The molecule has 0 aliphatic heterocycles. The fourth-order valence-electron chi connectivity index (χ4n) is 1.45. The summed E-state index contributed by atoms with van der Waals surface area (Å²) in [6.45, 7) is 0. The fraction of sp³-hybridized carbons (Fsp3) is 0.154. The molecule has 0 spiro atoms. The number of aromatic nitrogens is 1. The van der Waals surface area contributed by atoms with E-state index in [9.17, 15) is 13.2 Å². The van der Waals surface area contributed by atoms with Gasteiger partial charge in [0.2, 0.25) is 0 Å². The van der Waals surface area contributed by atoms with Crippen molar-refractivity contribution in [3.05, 3.63) is 53.9 Å². The average molecular weight is 288 g/mol. The van der Waals surface area contributed by atoms with Crippen LogP contribution in [0, 0.1) is 0 Å². The van der Waals surface area contributed by atoms with Crippen molar-refractivity contribution in [3.63, 3.8) is 0 Å². The molecule has 100 valence electrons. The maximum atomic E-state index is 12.4. The maximum absolute atomic E-state index is 12.4. The molecule has 0 unspecified atom stereocenters. The number of benzene rings is 1. The molecule has 0 radical (unpaired) electrons. The van der Waals surface area contributed by atoms with Crippen molar-refractivity contribution in [3.8, 4) is 11.5 Å². The third-order valence-electron chi connectivity index (χ3n) is 2.41. The first-order valence-corrected chi connectivity index (χ1v) is 5.88. The summed E-state index contributed by atoms with van der Waals surface area (Å²) in [7, 11) is 0. The first-order chi connectivity index (χ1) is 9.00. The molecule has 0 N–H and O–H groups in total. The second kappa shape index (κ2) is 5.48. The monoisotopic (exact) mass is 287 g/mol. The summed E-state index contributed by atoms with van der Waals surface area (Å²) >= 11 is 5.71. The summed E-state index contributed by atoms with van der Waals surface area (Å²) in [6, 6.07) is 6.08. The average Bonchev–Trinajstić information content (AvgIpc) is 2.39. The summed E-state index contributed by atoms with van der Waals surface area (Å²) in [4.78, 5) is 3.89. The van der Waals surface area contributed by atoms with Crippen LogP contribution in [0.4, 0.5) is 13.2 Å². The second-order valence-electron chi connectivity index (χ2n) is 3.74. The van der Waals surface area contributed by atoms with Gasteiger partial charge in [-0.2, -0.15) is 13.2 Å². The smallest absolute Gasteiger partial charge is 0.416 e. The molecule has 6 heteroatoms. The van der Waals surface area contributed by atoms with Crippen LogP contribution in [-0.2, 0) is 12.1 Å². The van der Waals surface area contributed by atoms with Crippen LogP contribution in [-0.4, -0.2) is 4.98 Å². The van der Waals surface area contributed by atoms with E-state index >= 15 is 0 Å².